The van der Waals surface area contributed by atoms with Crippen LogP contribution in [0.5, 0.6) is 11.5 Å². The van der Waals surface area contributed by atoms with Crippen LogP contribution in [0.4, 0.5) is 8.78 Å². The van der Waals surface area contributed by atoms with Crippen LogP contribution in [-0.2, 0) is 0 Å². The molecule has 1 N–H and O–H groups in total. The molecule has 0 aromatic heterocycles. The van der Waals surface area contributed by atoms with Crippen LogP contribution in [0.2, 0.25) is 0 Å². The zero-order chi connectivity index (χ0) is 9.14. The van der Waals surface area contributed by atoms with Gasteiger partial charge in [-0.15, -0.1) is 0 Å². The lowest BCUT2D eigenvalue weighted by Gasteiger charge is -2.04. The summed E-state index contributed by atoms with van der Waals surface area (Å²) in [6, 6.07) is 2.59. The monoisotopic (exact) mass is 238 g/mol. The van der Waals surface area contributed by atoms with Crippen molar-refractivity contribution in [2.24, 2.45) is 0 Å². The zero-order valence-electron chi connectivity index (χ0n) is 5.85. The predicted molar refractivity (Wildman–Crippen MR) is 42.4 cm³/mol. The summed E-state index contributed by atoms with van der Waals surface area (Å²) in [6.07, 6.45) is 0. The second-order valence-corrected chi connectivity index (χ2v) is 2.82. The van der Waals surface area contributed by atoms with Crippen LogP contribution in [0.15, 0.2) is 16.6 Å². The molecule has 0 saturated carbocycles. The minimum atomic E-state index is -1.10. The molecule has 0 radical (unpaired) electrons. The highest BCUT2D eigenvalue weighted by Gasteiger charge is 2.11. The Hall–Kier alpha value is -0.840. The van der Waals surface area contributed by atoms with Gasteiger partial charge in [-0.05, 0) is 28.1 Å². The highest BCUT2D eigenvalue weighted by atomic mass is 79.9. The van der Waals surface area contributed by atoms with E-state index in [2.05, 4.69) is 20.7 Å². The number of rotatable bonds is 2. The SMILES string of the molecule is Oc1c(OCF)ccc(Br)c1F. The molecule has 1 rings (SSSR count). The minimum absolute atomic E-state index is 0.103. The van der Waals surface area contributed by atoms with Gasteiger partial charge in [-0.1, -0.05) is 0 Å². The lowest BCUT2D eigenvalue weighted by Crippen LogP contribution is -1.92. The smallest absolute Gasteiger partial charge is 0.228 e. The van der Waals surface area contributed by atoms with Gasteiger partial charge in [0.15, 0.2) is 17.3 Å². The molecule has 0 spiro atoms. The van der Waals surface area contributed by atoms with E-state index in [-0.39, 0.29) is 10.2 Å². The van der Waals surface area contributed by atoms with Crippen molar-refractivity contribution in [1.82, 2.24) is 0 Å². The maximum Gasteiger partial charge on any atom is 0.228 e. The standard InChI is InChI=1S/C7H5BrF2O2/c8-4-1-2-5(12-3-9)7(11)6(4)10/h1-2,11H,3H2. The summed E-state index contributed by atoms with van der Waals surface area (Å²) in [5.74, 6) is -1.76. The van der Waals surface area contributed by atoms with E-state index in [1.54, 1.807) is 0 Å². The van der Waals surface area contributed by atoms with E-state index in [0.29, 0.717) is 0 Å². The maximum atomic E-state index is 12.8. The third kappa shape index (κ3) is 1.66. The molecule has 66 valence electrons. The van der Waals surface area contributed by atoms with Crippen molar-refractivity contribution in [2.75, 3.05) is 6.86 Å². The molecule has 0 atom stereocenters. The molecule has 0 unspecified atom stereocenters. The highest BCUT2D eigenvalue weighted by Crippen LogP contribution is 2.33. The normalized spacial score (nSPS) is 9.92. The first-order chi connectivity index (χ1) is 5.66. The topological polar surface area (TPSA) is 29.5 Å². The molecule has 2 nitrogen and oxygen atoms in total. The summed E-state index contributed by atoms with van der Waals surface area (Å²) in [6.45, 7) is -1.10. The van der Waals surface area contributed by atoms with Gasteiger partial charge in [0, 0.05) is 0 Å². The summed E-state index contributed by atoms with van der Waals surface area (Å²) < 4.78 is 28.8. The van der Waals surface area contributed by atoms with Crippen molar-refractivity contribution >= 4 is 15.9 Å². The zero-order valence-corrected chi connectivity index (χ0v) is 7.44. The molecular formula is C7H5BrF2O2. The number of phenolic OH excluding ortho intramolecular Hbond substituents is 1. The van der Waals surface area contributed by atoms with Gasteiger partial charge in [0.05, 0.1) is 4.47 Å². The number of benzene rings is 1. The minimum Gasteiger partial charge on any atom is -0.502 e. The second kappa shape index (κ2) is 3.71. The summed E-state index contributed by atoms with van der Waals surface area (Å²) in [7, 11) is 0. The van der Waals surface area contributed by atoms with Gasteiger partial charge in [0.25, 0.3) is 0 Å². The van der Waals surface area contributed by atoms with Gasteiger partial charge in [-0.2, -0.15) is 0 Å². The molecule has 0 aliphatic heterocycles. The Bertz CT molecular complexity index is 291. The summed E-state index contributed by atoms with van der Waals surface area (Å²) in [4.78, 5) is 0. The Kier molecular flexibility index (Phi) is 2.86. The molecule has 5 heteroatoms. The number of ether oxygens (including phenoxy) is 1. The van der Waals surface area contributed by atoms with Crippen molar-refractivity contribution in [1.29, 1.82) is 0 Å². The second-order valence-electron chi connectivity index (χ2n) is 1.96. The fourth-order valence-corrected chi connectivity index (χ4v) is 1.02. The van der Waals surface area contributed by atoms with E-state index in [1.807, 2.05) is 0 Å². The molecule has 0 bridgehead atoms. The Balaban J connectivity index is 3.08. The van der Waals surface area contributed by atoms with E-state index < -0.39 is 18.4 Å². The number of hydrogen-bond acceptors (Lipinski definition) is 2. The number of phenols is 1. The van der Waals surface area contributed by atoms with Gasteiger partial charge in [-0.3, -0.25) is 0 Å². The van der Waals surface area contributed by atoms with Crippen LogP contribution in [0, 0.1) is 5.82 Å². The Morgan fingerprint density at radius 2 is 2.17 bits per heavy atom. The van der Waals surface area contributed by atoms with Crippen LogP contribution in [0.3, 0.4) is 0 Å². The average Bonchev–Trinajstić information content (AvgIpc) is 2.07. The summed E-state index contributed by atoms with van der Waals surface area (Å²) >= 11 is 2.85. The number of alkyl halides is 1. The van der Waals surface area contributed by atoms with Crippen molar-refractivity contribution in [2.45, 2.75) is 0 Å². The summed E-state index contributed by atoms with van der Waals surface area (Å²) in [5, 5.41) is 9.01. The van der Waals surface area contributed by atoms with E-state index in [1.165, 1.54) is 12.1 Å². The summed E-state index contributed by atoms with van der Waals surface area (Å²) in [5.41, 5.74) is 0. The first kappa shape index (κ1) is 9.25. The first-order valence-corrected chi connectivity index (χ1v) is 3.82. The molecule has 0 saturated heterocycles. The Labute approximate surface area is 75.9 Å². The fraction of sp³-hybridized carbons (Fsp3) is 0.143. The molecule has 1 aromatic carbocycles. The first-order valence-electron chi connectivity index (χ1n) is 3.02. The molecule has 1 aromatic rings. The molecule has 0 fully saturated rings. The molecule has 0 amide bonds. The van der Waals surface area contributed by atoms with Gasteiger partial charge in [0.2, 0.25) is 6.86 Å². The van der Waals surface area contributed by atoms with Gasteiger partial charge < -0.3 is 9.84 Å². The van der Waals surface area contributed by atoms with Crippen LogP contribution in [0.1, 0.15) is 0 Å². The molecular weight excluding hydrogens is 234 g/mol. The maximum absolute atomic E-state index is 12.8. The molecule has 0 aliphatic carbocycles. The fourth-order valence-electron chi connectivity index (χ4n) is 0.697. The predicted octanol–water partition coefficient (Wildman–Crippen LogP) is 2.60. The lowest BCUT2D eigenvalue weighted by molar-refractivity contribution is 0.183. The van der Waals surface area contributed by atoms with Gasteiger partial charge in [-0.25, -0.2) is 8.78 Å². The van der Waals surface area contributed by atoms with Crippen molar-refractivity contribution in [3.05, 3.63) is 22.4 Å². The molecule has 12 heavy (non-hydrogen) atoms. The molecule has 0 heterocycles. The third-order valence-electron chi connectivity index (χ3n) is 1.24. The number of aromatic hydroxyl groups is 1. The van der Waals surface area contributed by atoms with E-state index in [4.69, 9.17) is 5.11 Å². The lowest BCUT2D eigenvalue weighted by atomic mass is 10.3. The van der Waals surface area contributed by atoms with Crippen molar-refractivity contribution in [3.8, 4) is 11.5 Å². The van der Waals surface area contributed by atoms with E-state index >= 15 is 0 Å². The Morgan fingerprint density at radius 3 is 2.75 bits per heavy atom. The average molecular weight is 239 g/mol. The van der Waals surface area contributed by atoms with Crippen LogP contribution in [-0.4, -0.2) is 12.0 Å². The number of hydrogen-bond donors (Lipinski definition) is 1. The molecule has 0 aliphatic rings. The van der Waals surface area contributed by atoms with Crippen molar-refractivity contribution in [3.63, 3.8) is 0 Å². The Morgan fingerprint density at radius 1 is 1.50 bits per heavy atom. The third-order valence-corrected chi connectivity index (χ3v) is 1.85. The van der Waals surface area contributed by atoms with Gasteiger partial charge >= 0.3 is 0 Å². The van der Waals surface area contributed by atoms with Crippen LogP contribution >= 0.6 is 15.9 Å². The largest absolute Gasteiger partial charge is 0.502 e. The van der Waals surface area contributed by atoms with Crippen LogP contribution < -0.4 is 4.74 Å². The van der Waals surface area contributed by atoms with E-state index in [0.717, 1.165) is 0 Å². The van der Waals surface area contributed by atoms with Crippen molar-refractivity contribution < 1.29 is 18.6 Å². The number of halogens is 3. The van der Waals surface area contributed by atoms with Gasteiger partial charge in [0.1, 0.15) is 0 Å². The highest BCUT2D eigenvalue weighted by molar-refractivity contribution is 9.10. The van der Waals surface area contributed by atoms with E-state index in [9.17, 15) is 8.78 Å². The quantitative estimate of drug-likeness (QED) is 0.859. The van der Waals surface area contributed by atoms with Crippen LogP contribution in [0.25, 0.3) is 0 Å².